The number of rotatable bonds is 2. The number of nitrogens with zero attached hydrogens (tertiary/aromatic N) is 2. The Morgan fingerprint density at radius 1 is 1.26 bits per heavy atom. The van der Waals surface area contributed by atoms with E-state index in [9.17, 15) is 0 Å². The molecule has 0 atom stereocenters. The standard InChI is InChI=1S/C16H18N2O/c1-4-16(2,3)15-17-9-11-10-19-13-8-6-5-7-12(13)14(11)18-15/h5-9H,4,10H2,1-3H3. The van der Waals surface area contributed by atoms with Gasteiger partial charge in [-0.05, 0) is 18.6 Å². The van der Waals surface area contributed by atoms with Crippen LogP contribution < -0.4 is 4.74 Å². The summed E-state index contributed by atoms with van der Waals surface area (Å²) in [6, 6.07) is 8.06. The average Bonchev–Trinajstić information content (AvgIpc) is 2.46. The second-order valence-electron chi connectivity index (χ2n) is 5.59. The highest BCUT2D eigenvalue weighted by molar-refractivity contribution is 5.71. The van der Waals surface area contributed by atoms with Crippen LogP contribution >= 0.6 is 0 Å². The third kappa shape index (κ3) is 1.99. The highest BCUT2D eigenvalue weighted by atomic mass is 16.5. The van der Waals surface area contributed by atoms with Crippen LogP contribution in [0.25, 0.3) is 11.3 Å². The maximum atomic E-state index is 5.72. The molecule has 1 aliphatic heterocycles. The Morgan fingerprint density at radius 2 is 2.05 bits per heavy atom. The molecule has 3 rings (SSSR count). The molecule has 0 saturated heterocycles. The Kier molecular flexibility index (Phi) is 2.77. The van der Waals surface area contributed by atoms with Crippen LogP contribution in [0.3, 0.4) is 0 Å². The van der Waals surface area contributed by atoms with Crippen molar-refractivity contribution in [3.8, 4) is 17.0 Å². The van der Waals surface area contributed by atoms with Gasteiger partial charge in [-0.1, -0.05) is 32.9 Å². The first-order chi connectivity index (χ1) is 9.12. The average molecular weight is 254 g/mol. The molecule has 0 saturated carbocycles. The van der Waals surface area contributed by atoms with Crippen molar-refractivity contribution in [2.45, 2.75) is 39.2 Å². The number of fused-ring (bicyclic) bond motifs is 3. The fraction of sp³-hybridized carbons (Fsp3) is 0.375. The summed E-state index contributed by atoms with van der Waals surface area (Å²) < 4.78 is 5.72. The molecule has 1 aromatic heterocycles. The highest BCUT2D eigenvalue weighted by Gasteiger charge is 2.25. The molecule has 19 heavy (non-hydrogen) atoms. The van der Waals surface area contributed by atoms with E-state index in [1.165, 1.54) is 0 Å². The van der Waals surface area contributed by atoms with Crippen LogP contribution in [0.15, 0.2) is 30.5 Å². The first-order valence-electron chi connectivity index (χ1n) is 6.70. The summed E-state index contributed by atoms with van der Waals surface area (Å²) in [6.07, 6.45) is 2.93. The molecule has 1 aromatic carbocycles. The van der Waals surface area contributed by atoms with Gasteiger partial charge in [0.25, 0.3) is 0 Å². The minimum atomic E-state index is 0.00226. The van der Waals surface area contributed by atoms with Gasteiger partial charge < -0.3 is 4.74 Å². The fourth-order valence-corrected chi connectivity index (χ4v) is 2.17. The SMILES string of the molecule is CCC(C)(C)c1ncc2c(n1)-c1ccccc1OC2. The molecule has 0 bridgehead atoms. The minimum Gasteiger partial charge on any atom is -0.488 e. The van der Waals surface area contributed by atoms with Gasteiger partial charge in [0.2, 0.25) is 0 Å². The van der Waals surface area contributed by atoms with E-state index in [-0.39, 0.29) is 5.41 Å². The van der Waals surface area contributed by atoms with Crippen molar-refractivity contribution in [3.63, 3.8) is 0 Å². The molecular weight excluding hydrogens is 236 g/mol. The minimum absolute atomic E-state index is 0.00226. The van der Waals surface area contributed by atoms with E-state index >= 15 is 0 Å². The normalized spacial score (nSPS) is 13.4. The Morgan fingerprint density at radius 3 is 2.84 bits per heavy atom. The van der Waals surface area contributed by atoms with Crippen molar-refractivity contribution in [2.75, 3.05) is 0 Å². The van der Waals surface area contributed by atoms with E-state index in [4.69, 9.17) is 9.72 Å². The van der Waals surface area contributed by atoms with E-state index < -0.39 is 0 Å². The maximum Gasteiger partial charge on any atom is 0.134 e. The molecule has 98 valence electrons. The van der Waals surface area contributed by atoms with E-state index in [0.29, 0.717) is 6.61 Å². The molecular formula is C16H18N2O. The largest absolute Gasteiger partial charge is 0.488 e. The van der Waals surface area contributed by atoms with Gasteiger partial charge in [-0.3, -0.25) is 0 Å². The second-order valence-corrected chi connectivity index (χ2v) is 5.59. The van der Waals surface area contributed by atoms with Crippen molar-refractivity contribution in [1.29, 1.82) is 0 Å². The molecule has 0 fully saturated rings. The van der Waals surface area contributed by atoms with Gasteiger partial charge in [0.1, 0.15) is 18.2 Å². The maximum absolute atomic E-state index is 5.72. The predicted octanol–water partition coefficient (Wildman–Crippen LogP) is 3.72. The lowest BCUT2D eigenvalue weighted by Crippen LogP contribution is -2.21. The number of para-hydroxylation sites is 1. The third-order valence-electron chi connectivity index (χ3n) is 3.88. The predicted molar refractivity (Wildman–Crippen MR) is 75.1 cm³/mol. The summed E-state index contributed by atoms with van der Waals surface area (Å²) in [5, 5.41) is 0. The first kappa shape index (κ1) is 12.2. The van der Waals surface area contributed by atoms with Crippen molar-refractivity contribution < 1.29 is 4.74 Å². The van der Waals surface area contributed by atoms with Crippen LogP contribution in [-0.4, -0.2) is 9.97 Å². The molecule has 0 N–H and O–H groups in total. The Hall–Kier alpha value is -1.90. The van der Waals surface area contributed by atoms with Crippen molar-refractivity contribution in [1.82, 2.24) is 9.97 Å². The molecule has 0 amide bonds. The van der Waals surface area contributed by atoms with Gasteiger partial charge >= 0.3 is 0 Å². The zero-order valence-electron chi connectivity index (χ0n) is 11.6. The number of benzene rings is 1. The van der Waals surface area contributed by atoms with Crippen LogP contribution in [0.2, 0.25) is 0 Å². The summed E-state index contributed by atoms with van der Waals surface area (Å²) >= 11 is 0. The lowest BCUT2D eigenvalue weighted by molar-refractivity contribution is 0.300. The lowest BCUT2D eigenvalue weighted by Gasteiger charge is -2.24. The number of ether oxygens (including phenoxy) is 1. The monoisotopic (exact) mass is 254 g/mol. The zero-order valence-corrected chi connectivity index (χ0v) is 11.6. The third-order valence-corrected chi connectivity index (χ3v) is 3.88. The molecule has 2 heterocycles. The van der Waals surface area contributed by atoms with Crippen LogP contribution in [0.4, 0.5) is 0 Å². The summed E-state index contributed by atoms with van der Waals surface area (Å²) in [4.78, 5) is 9.32. The Balaban J connectivity index is 2.16. The van der Waals surface area contributed by atoms with Gasteiger partial charge in [-0.2, -0.15) is 0 Å². The van der Waals surface area contributed by atoms with Gasteiger partial charge in [0.15, 0.2) is 0 Å². The lowest BCUT2D eigenvalue weighted by atomic mass is 9.89. The summed E-state index contributed by atoms with van der Waals surface area (Å²) in [5.41, 5.74) is 3.16. The first-order valence-corrected chi connectivity index (χ1v) is 6.70. The summed E-state index contributed by atoms with van der Waals surface area (Å²) in [5.74, 6) is 1.82. The quantitative estimate of drug-likeness (QED) is 0.819. The van der Waals surface area contributed by atoms with Crippen LogP contribution in [0.5, 0.6) is 5.75 Å². The Bertz CT molecular complexity index is 620. The van der Waals surface area contributed by atoms with Crippen LogP contribution in [0, 0.1) is 0 Å². The fourth-order valence-electron chi connectivity index (χ4n) is 2.17. The summed E-state index contributed by atoms with van der Waals surface area (Å²) in [6.45, 7) is 7.08. The molecule has 0 unspecified atom stereocenters. The molecule has 3 heteroatoms. The smallest absolute Gasteiger partial charge is 0.134 e. The van der Waals surface area contributed by atoms with Gasteiger partial charge in [0.05, 0.1) is 5.69 Å². The number of hydrogen-bond donors (Lipinski definition) is 0. The summed E-state index contributed by atoms with van der Waals surface area (Å²) in [7, 11) is 0. The van der Waals surface area contributed by atoms with Crippen molar-refractivity contribution in [3.05, 3.63) is 41.9 Å². The highest BCUT2D eigenvalue weighted by Crippen LogP contribution is 2.36. The van der Waals surface area contributed by atoms with E-state index in [1.807, 2.05) is 24.4 Å². The second kappa shape index (κ2) is 4.34. The van der Waals surface area contributed by atoms with Gasteiger partial charge in [-0.25, -0.2) is 9.97 Å². The molecule has 2 aromatic rings. The molecule has 3 nitrogen and oxygen atoms in total. The molecule has 0 spiro atoms. The van der Waals surface area contributed by atoms with Crippen LogP contribution in [0.1, 0.15) is 38.6 Å². The van der Waals surface area contributed by atoms with Gasteiger partial charge in [0, 0.05) is 22.7 Å². The molecule has 1 aliphatic rings. The van der Waals surface area contributed by atoms with E-state index in [2.05, 4.69) is 31.8 Å². The van der Waals surface area contributed by atoms with Crippen molar-refractivity contribution >= 4 is 0 Å². The van der Waals surface area contributed by atoms with Gasteiger partial charge in [-0.15, -0.1) is 0 Å². The van der Waals surface area contributed by atoms with E-state index in [0.717, 1.165) is 34.8 Å². The molecule has 0 radical (unpaired) electrons. The van der Waals surface area contributed by atoms with Crippen molar-refractivity contribution in [2.24, 2.45) is 0 Å². The number of aromatic nitrogens is 2. The van der Waals surface area contributed by atoms with E-state index in [1.54, 1.807) is 0 Å². The zero-order chi connectivity index (χ0) is 13.5. The van der Waals surface area contributed by atoms with Crippen LogP contribution in [-0.2, 0) is 12.0 Å². The number of hydrogen-bond acceptors (Lipinski definition) is 3. The molecule has 0 aliphatic carbocycles. The Labute approximate surface area is 113 Å². The topological polar surface area (TPSA) is 35.0 Å².